The summed E-state index contributed by atoms with van der Waals surface area (Å²) in [4.78, 5) is 12.5. The third-order valence-corrected chi connectivity index (χ3v) is 9.35. The average molecular weight is 692 g/mol. The van der Waals surface area contributed by atoms with Gasteiger partial charge in [-0.3, -0.25) is 15.2 Å². The number of nitrogens with one attached hydrogen (secondary N) is 3. The van der Waals surface area contributed by atoms with Crippen LogP contribution >= 0.6 is 11.8 Å². The van der Waals surface area contributed by atoms with Crippen molar-refractivity contribution in [3.05, 3.63) is 47.7 Å². The Hall–Kier alpha value is -3.05. The fraction of sp³-hybridized carbons (Fsp3) is 0.593. The maximum Gasteiger partial charge on any atom is 0.270 e. The van der Waals surface area contributed by atoms with Gasteiger partial charge in [-0.1, -0.05) is 30.3 Å². The van der Waals surface area contributed by atoms with E-state index in [0.29, 0.717) is 18.7 Å². The molecule has 5 rings (SSSR count). The van der Waals surface area contributed by atoms with Gasteiger partial charge in [0.25, 0.3) is 5.91 Å². The Morgan fingerprint density at radius 3 is 2.17 bits per heavy atom. The highest BCUT2D eigenvalue weighted by molar-refractivity contribution is 8.00. The lowest BCUT2D eigenvalue weighted by Gasteiger charge is -2.47. The quantitative estimate of drug-likeness (QED) is 0.0915. The average Bonchev–Trinajstić information content (AvgIpc) is 3.73. The molecule has 10 atom stereocenters. The summed E-state index contributed by atoms with van der Waals surface area (Å²) in [5.41, 5.74) is 2.55. The van der Waals surface area contributed by atoms with Crippen molar-refractivity contribution in [3.8, 4) is 11.3 Å². The minimum atomic E-state index is -1.67. The normalized spacial score (nSPS) is 32.6. The maximum atomic E-state index is 13.8. The molecule has 260 valence electrons. The zero-order chi connectivity index (χ0) is 34.0. The fourth-order valence-electron chi connectivity index (χ4n) is 5.47. The van der Waals surface area contributed by atoms with E-state index < -0.39 is 96.2 Å². The SMILES string of the molecule is CCCCNC(=O)C1=CN(C2C(O)[C@@H](CO)O[C@@H](S[C@@H]3OC(CO)[C@H](O)C(n4cc(-c5cc(F)c(F)c(F)c5)nn4)C3O)[C@@H]2O)NN1. The van der Waals surface area contributed by atoms with E-state index >= 15 is 0 Å². The highest BCUT2D eigenvalue weighted by atomic mass is 32.2. The minimum absolute atomic E-state index is 0.101. The van der Waals surface area contributed by atoms with Crippen LogP contribution < -0.4 is 16.3 Å². The summed E-state index contributed by atoms with van der Waals surface area (Å²) in [6, 6.07) is -1.15. The summed E-state index contributed by atoms with van der Waals surface area (Å²) in [5.74, 6) is -5.03. The number of aliphatic hydroxyl groups is 6. The molecule has 5 unspecified atom stereocenters. The third kappa shape index (κ3) is 7.21. The van der Waals surface area contributed by atoms with Gasteiger partial charge in [-0.15, -0.1) is 10.6 Å². The lowest BCUT2D eigenvalue weighted by atomic mass is 9.97. The van der Waals surface area contributed by atoms with E-state index in [1.165, 1.54) is 11.2 Å². The monoisotopic (exact) mass is 691 g/mol. The van der Waals surface area contributed by atoms with Gasteiger partial charge in [0.15, 0.2) is 17.5 Å². The molecule has 1 amide bonds. The van der Waals surface area contributed by atoms with Gasteiger partial charge >= 0.3 is 0 Å². The number of ether oxygens (including phenoxy) is 2. The van der Waals surface area contributed by atoms with Crippen LogP contribution in [0, 0.1) is 17.5 Å². The number of carbonyl (C=O) groups excluding carboxylic acids is 1. The number of halogens is 3. The number of hydrogen-bond acceptors (Lipinski definition) is 15. The smallest absolute Gasteiger partial charge is 0.270 e. The Kier molecular flexibility index (Phi) is 11.3. The minimum Gasteiger partial charge on any atom is -0.394 e. The summed E-state index contributed by atoms with van der Waals surface area (Å²) in [5, 5.41) is 76.2. The first kappa shape index (κ1) is 35.3. The van der Waals surface area contributed by atoms with Crippen molar-refractivity contribution in [1.82, 2.24) is 36.3 Å². The number of thioether (sulfide) groups is 1. The molecule has 3 aliphatic rings. The van der Waals surface area contributed by atoms with E-state index in [1.54, 1.807) is 0 Å². The number of nitrogens with zero attached hydrogens (tertiary/aromatic N) is 4. The molecule has 47 heavy (non-hydrogen) atoms. The van der Waals surface area contributed by atoms with Gasteiger partial charge in [0.05, 0.1) is 19.4 Å². The molecule has 3 aliphatic heterocycles. The molecular formula is C27H36F3N7O9S. The second-order valence-corrected chi connectivity index (χ2v) is 12.4. The first-order valence-electron chi connectivity index (χ1n) is 14.8. The van der Waals surface area contributed by atoms with Crippen molar-refractivity contribution >= 4 is 17.7 Å². The van der Waals surface area contributed by atoms with Crippen molar-refractivity contribution in [2.45, 2.75) is 79.3 Å². The number of amides is 1. The molecule has 1 aromatic heterocycles. The summed E-state index contributed by atoms with van der Waals surface area (Å²) < 4.78 is 53.6. The molecule has 0 aliphatic carbocycles. The van der Waals surface area contributed by atoms with Crippen LogP contribution in [0.2, 0.25) is 0 Å². The summed E-state index contributed by atoms with van der Waals surface area (Å²) in [6.07, 6.45) is -4.63. The predicted molar refractivity (Wildman–Crippen MR) is 155 cm³/mol. The highest BCUT2D eigenvalue weighted by Crippen LogP contribution is 2.41. The van der Waals surface area contributed by atoms with Crippen molar-refractivity contribution < 1.29 is 58.1 Å². The predicted octanol–water partition coefficient (Wildman–Crippen LogP) is -2.03. The molecular weight excluding hydrogens is 655 g/mol. The van der Waals surface area contributed by atoms with E-state index in [-0.39, 0.29) is 17.0 Å². The van der Waals surface area contributed by atoms with Gasteiger partial charge in [-0.2, -0.15) is 0 Å². The molecule has 2 fully saturated rings. The van der Waals surface area contributed by atoms with E-state index in [9.17, 15) is 48.6 Å². The largest absolute Gasteiger partial charge is 0.394 e. The Morgan fingerprint density at radius 1 is 0.979 bits per heavy atom. The number of unbranched alkanes of at least 4 members (excludes halogenated alkanes) is 1. The number of hydrazine groups is 2. The standard InChI is InChI=1S/C27H36F3N7O9S/c1-2-3-4-31-25(44)15-8-37(35-33-15)20-22(41)17(10-39)46-27(24(20)43)47-26-23(42)19(21(40)16(9-38)45-26)36-7-14(32-34-36)11-5-12(28)18(30)13(29)6-11/h5-8,16-17,19-24,26-27,33,35,38-43H,2-4,9-10H2,1H3,(H,31,44)/t16?,17-,19?,20?,21+,22?,23?,24-,26+,27+/m1/s1. The first-order chi connectivity index (χ1) is 22.5. The zero-order valence-corrected chi connectivity index (χ0v) is 25.7. The Morgan fingerprint density at radius 2 is 1.57 bits per heavy atom. The van der Waals surface area contributed by atoms with E-state index in [0.717, 1.165) is 35.5 Å². The van der Waals surface area contributed by atoms with Gasteiger partial charge in [-0.25, -0.2) is 17.9 Å². The van der Waals surface area contributed by atoms with Crippen LogP contribution in [0.5, 0.6) is 0 Å². The Bertz CT molecular complexity index is 1420. The number of carbonyl (C=O) groups is 1. The first-order valence-corrected chi connectivity index (χ1v) is 15.7. The maximum absolute atomic E-state index is 13.8. The summed E-state index contributed by atoms with van der Waals surface area (Å²) in [6.45, 7) is 1.02. The molecule has 4 heterocycles. The number of aliphatic hydroxyl groups excluding tert-OH is 6. The lowest BCUT2D eigenvalue weighted by molar-refractivity contribution is -0.195. The number of aromatic nitrogens is 3. The second-order valence-electron chi connectivity index (χ2n) is 11.2. The van der Waals surface area contributed by atoms with Gasteiger partial charge < -0.3 is 45.4 Å². The number of benzene rings is 1. The van der Waals surface area contributed by atoms with Gasteiger partial charge in [0.1, 0.15) is 71.0 Å². The Labute approximate surface area is 270 Å². The molecule has 9 N–H and O–H groups in total. The van der Waals surface area contributed by atoms with Crippen LogP contribution in [0.15, 0.2) is 30.2 Å². The summed E-state index contributed by atoms with van der Waals surface area (Å²) >= 11 is 0.724. The lowest BCUT2D eigenvalue weighted by Crippen LogP contribution is -2.65. The molecule has 20 heteroatoms. The molecule has 0 radical (unpaired) electrons. The van der Waals surface area contributed by atoms with E-state index in [2.05, 4.69) is 26.6 Å². The van der Waals surface area contributed by atoms with E-state index in [1.807, 2.05) is 6.92 Å². The van der Waals surface area contributed by atoms with Crippen molar-refractivity contribution in [2.24, 2.45) is 0 Å². The van der Waals surface area contributed by atoms with Crippen molar-refractivity contribution in [1.29, 1.82) is 0 Å². The van der Waals surface area contributed by atoms with E-state index in [4.69, 9.17) is 9.47 Å². The Balaban J connectivity index is 1.35. The molecule has 0 bridgehead atoms. The van der Waals surface area contributed by atoms with Crippen molar-refractivity contribution in [3.63, 3.8) is 0 Å². The third-order valence-electron chi connectivity index (χ3n) is 8.03. The molecule has 16 nitrogen and oxygen atoms in total. The van der Waals surface area contributed by atoms with Gasteiger partial charge in [-0.05, 0) is 18.6 Å². The second kappa shape index (κ2) is 15.0. The van der Waals surface area contributed by atoms with Crippen LogP contribution in [0.25, 0.3) is 11.3 Å². The molecule has 2 saturated heterocycles. The van der Waals surface area contributed by atoms with Gasteiger partial charge in [0, 0.05) is 18.3 Å². The van der Waals surface area contributed by atoms with Crippen LogP contribution in [-0.2, 0) is 14.3 Å². The molecule has 0 spiro atoms. The van der Waals surface area contributed by atoms with Crippen LogP contribution in [0.3, 0.4) is 0 Å². The molecule has 0 saturated carbocycles. The molecule has 2 aromatic rings. The zero-order valence-electron chi connectivity index (χ0n) is 24.9. The van der Waals surface area contributed by atoms with Crippen LogP contribution in [0.4, 0.5) is 13.2 Å². The highest BCUT2D eigenvalue weighted by Gasteiger charge is 2.52. The topological polar surface area (TPSA) is 227 Å². The van der Waals surface area contributed by atoms with Crippen LogP contribution in [-0.4, -0.2) is 130 Å². The number of rotatable bonds is 11. The number of hydrogen-bond donors (Lipinski definition) is 9. The molecule has 1 aromatic carbocycles. The fourth-order valence-corrected chi connectivity index (χ4v) is 6.79. The van der Waals surface area contributed by atoms with Crippen molar-refractivity contribution in [2.75, 3.05) is 19.8 Å². The van der Waals surface area contributed by atoms with Gasteiger partial charge in [0.2, 0.25) is 0 Å². The van der Waals surface area contributed by atoms with Crippen LogP contribution in [0.1, 0.15) is 25.8 Å². The summed E-state index contributed by atoms with van der Waals surface area (Å²) in [7, 11) is 0.